The van der Waals surface area contributed by atoms with E-state index in [1.54, 1.807) is 0 Å². The van der Waals surface area contributed by atoms with Gasteiger partial charge in [0.15, 0.2) is 0 Å². The van der Waals surface area contributed by atoms with Crippen LogP contribution in [0.4, 0.5) is 0 Å². The highest BCUT2D eigenvalue weighted by Gasteiger charge is 1.89. The Morgan fingerprint density at radius 3 is 1.30 bits per heavy atom. The first-order valence-corrected chi connectivity index (χ1v) is 4.37. The van der Waals surface area contributed by atoms with Gasteiger partial charge in [0.05, 0.1) is 27.4 Å². The van der Waals surface area contributed by atoms with Crippen molar-refractivity contribution in [2.75, 3.05) is 27.4 Å². The van der Waals surface area contributed by atoms with Gasteiger partial charge in [-0.05, 0) is 0 Å². The molecule has 5 nitrogen and oxygen atoms in total. The van der Waals surface area contributed by atoms with Crippen molar-refractivity contribution < 1.29 is 17.6 Å². The average Bonchev–Trinajstić information content (AvgIpc) is 1.12. The lowest BCUT2D eigenvalue weighted by Gasteiger charge is -2.12. The summed E-state index contributed by atoms with van der Waals surface area (Å²) >= 11 is 0. The van der Waals surface area contributed by atoms with Gasteiger partial charge in [-0.25, -0.2) is 0 Å². The van der Waals surface area contributed by atoms with E-state index in [0.29, 0.717) is 10.8 Å². The lowest BCUT2D eigenvalue weighted by atomic mass is 10.9. The molecule has 0 aromatic rings. The fourth-order valence-electron chi connectivity index (χ4n) is 0. The van der Waals surface area contributed by atoms with Crippen molar-refractivity contribution in [1.82, 2.24) is 0 Å². The van der Waals surface area contributed by atoms with Crippen molar-refractivity contribution in [3.8, 4) is 0 Å². The molecular formula is C4H15N2O3S+. The van der Waals surface area contributed by atoms with Gasteiger partial charge in [0.25, 0.3) is 10.1 Å². The Hall–Kier alpha value is -0.170. The minimum Gasteiger partial charge on any atom is -0.286 e. The minimum atomic E-state index is -3.67. The lowest BCUT2D eigenvalue weighted by molar-refractivity contribution is -0.882. The van der Waals surface area contributed by atoms with Gasteiger partial charge in [0.1, 0.15) is 0 Å². The minimum absolute atomic E-state index is 0.500. The Labute approximate surface area is 61.7 Å². The van der Waals surface area contributed by atoms with Crippen LogP contribution < -0.4 is 5.84 Å². The fraction of sp³-hybridized carbons (Fsp3) is 1.00. The van der Waals surface area contributed by atoms with Crippen LogP contribution in [-0.4, -0.2) is 45.0 Å². The van der Waals surface area contributed by atoms with Crippen LogP contribution in [0.1, 0.15) is 0 Å². The van der Waals surface area contributed by atoms with Crippen molar-refractivity contribution in [3.05, 3.63) is 0 Å². The number of hydrogen-bond acceptors (Lipinski definition) is 3. The summed E-state index contributed by atoms with van der Waals surface area (Å²) in [5.74, 6) is 5.29. The van der Waals surface area contributed by atoms with Gasteiger partial charge in [-0.3, -0.25) is 9.14 Å². The summed E-state index contributed by atoms with van der Waals surface area (Å²) in [6.45, 7) is 0. The van der Waals surface area contributed by atoms with E-state index in [4.69, 9.17) is 10.4 Å². The van der Waals surface area contributed by atoms with Crippen LogP contribution in [-0.2, 0) is 10.1 Å². The predicted octanol–water partition coefficient (Wildman–Crippen LogP) is -0.930. The molecule has 0 amide bonds. The largest absolute Gasteiger partial charge is 0.286 e. The van der Waals surface area contributed by atoms with Crippen LogP contribution in [0.15, 0.2) is 0 Å². The molecule has 10 heavy (non-hydrogen) atoms. The second-order valence-corrected chi connectivity index (χ2v) is 4.32. The summed E-state index contributed by atoms with van der Waals surface area (Å²) in [6.07, 6.45) is 0.715. The summed E-state index contributed by atoms with van der Waals surface area (Å²) in [5.41, 5.74) is 0. The molecule has 64 valence electrons. The van der Waals surface area contributed by atoms with Gasteiger partial charge in [0.2, 0.25) is 0 Å². The Balaban J connectivity index is 0. The third-order valence-corrected chi connectivity index (χ3v) is 0. The third kappa shape index (κ3) is 12600. The highest BCUT2D eigenvalue weighted by Crippen LogP contribution is 1.65. The number of rotatable bonds is 0. The molecule has 0 aromatic carbocycles. The maximum absolute atomic E-state index is 9.19. The summed E-state index contributed by atoms with van der Waals surface area (Å²) < 4.78 is 26.4. The molecule has 0 spiro atoms. The van der Waals surface area contributed by atoms with Crippen molar-refractivity contribution in [3.63, 3.8) is 0 Å². The SMILES string of the molecule is CS(=O)(=O)O.C[N+](C)(C)N. The highest BCUT2D eigenvalue weighted by molar-refractivity contribution is 7.85. The van der Waals surface area contributed by atoms with Gasteiger partial charge < -0.3 is 0 Å². The number of nitrogens with zero attached hydrogens (tertiary/aromatic N) is 1. The summed E-state index contributed by atoms with van der Waals surface area (Å²) in [7, 11) is 2.04. The Morgan fingerprint density at radius 1 is 1.30 bits per heavy atom. The second kappa shape index (κ2) is 3.87. The van der Waals surface area contributed by atoms with Gasteiger partial charge in [-0.2, -0.15) is 14.3 Å². The molecule has 0 aromatic heterocycles. The molecule has 0 aliphatic carbocycles. The van der Waals surface area contributed by atoms with Gasteiger partial charge >= 0.3 is 0 Å². The number of nitrogens with two attached hydrogens (primary N) is 1. The Bertz CT molecular complexity index is 153. The predicted molar refractivity (Wildman–Crippen MR) is 39.7 cm³/mol. The Morgan fingerprint density at radius 2 is 1.30 bits per heavy atom. The fourth-order valence-corrected chi connectivity index (χ4v) is 0. The quantitative estimate of drug-likeness (QED) is 0.213. The summed E-state index contributed by atoms with van der Waals surface area (Å²) in [4.78, 5) is 0. The van der Waals surface area contributed by atoms with Gasteiger partial charge in [-0.1, -0.05) is 0 Å². The summed E-state index contributed by atoms with van der Waals surface area (Å²) in [5, 5.41) is 0. The molecule has 0 atom stereocenters. The first-order valence-electron chi connectivity index (χ1n) is 2.52. The zero-order valence-electron chi connectivity index (χ0n) is 6.70. The first-order chi connectivity index (χ1) is 4.00. The van der Waals surface area contributed by atoms with Crippen LogP contribution in [0, 0.1) is 0 Å². The number of hydrogen-bond donors (Lipinski definition) is 2. The molecular weight excluding hydrogens is 156 g/mol. The van der Waals surface area contributed by atoms with E-state index in [2.05, 4.69) is 0 Å². The maximum atomic E-state index is 9.19. The van der Waals surface area contributed by atoms with E-state index < -0.39 is 10.1 Å². The van der Waals surface area contributed by atoms with E-state index >= 15 is 0 Å². The number of quaternary nitrogens is 1. The van der Waals surface area contributed by atoms with E-state index in [-0.39, 0.29) is 0 Å². The molecule has 0 aliphatic heterocycles. The molecule has 0 unspecified atom stereocenters. The van der Waals surface area contributed by atoms with Crippen LogP contribution >= 0.6 is 0 Å². The molecule has 0 saturated carbocycles. The van der Waals surface area contributed by atoms with Crippen LogP contribution in [0.5, 0.6) is 0 Å². The molecule has 3 N–H and O–H groups in total. The van der Waals surface area contributed by atoms with Crippen LogP contribution in [0.25, 0.3) is 0 Å². The second-order valence-electron chi connectivity index (χ2n) is 2.85. The van der Waals surface area contributed by atoms with Gasteiger partial charge in [0, 0.05) is 0 Å². The topological polar surface area (TPSA) is 80.4 Å². The monoisotopic (exact) mass is 171 g/mol. The van der Waals surface area contributed by atoms with Crippen molar-refractivity contribution >= 4 is 10.1 Å². The molecule has 0 heterocycles. The summed E-state index contributed by atoms with van der Waals surface area (Å²) in [6, 6.07) is 0. The first kappa shape index (κ1) is 12.5. The van der Waals surface area contributed by atoms with Gasteiger partial charge in [-0.15, -0.1) is 0 Å². The lowest BCUT2D eigenvalue weighted by Crippen LogP contribution is -2.41. The molecule has 0 aliphatic rings. The maximum Gasteiger partial charge on any atom is 0.261 e. The van der Waals surface area contributed by atoms with Crippen molar-refractivity contribution in [2.24, 2.45) is 5.84 Å². The molecule has 0 saturated heterocycles. The molecule has 0 rings (SSSR count). The van der Waals surface area contributed by atoms with Crippen molar-refractivity contribution in [2.45, 2.75) is 0 Å². The third-order valence-electron chi connectivity index (χ3n) is 0. The average molecular weight is 171 g/mol. The Kier molecular flexibility index (Phi) is 4.84. The zero-order valence-corrected chi connectivity index (χ0v) is 7.51. The van der Waals surface area contributed by atoms with Crippen LogP contribution in [0.2, 0.25) is 0 Å². The van der Waals surface area contributed by atoms with Crippen molar-refractivity contribution in [1.29, 1.82) is 0 Å². The highest BCUT2D eigenvalue weighted by atomic mass is 32.2. The van der Waals surface area contributed by atoms with E-state index in [0.717, 1.165) is 0 Å². The standard InChI is InChI=1S/C3H11N2.CH4O3S/c2*1-5(2,3)4/h4H2,1-3H3;1H3,(H,2,3,4)/q+1;. The zero-order chi connectivity index (χ0) is 9.00. The normalized spacial score (nSPS) is 11.8. The van der Waals surface area contributed by atoms with E-state index in [9.17, 15) is 8.42 Å². The van der Waals surface area contributed by atoms with E-state index in [1.165, 1.54) is 0 Å². The molecule has 6 heteroatoms. The molecule has 0 fully saturated rings. The van der Waals surface area contributed by atoms with E-state index in [1.807, 2.05) is 21.1 Å². The molecule has 0 bridgehead atoms. The molecule has 0 radical (unpaired) electrons. The van der Waals surface area contributed by atoms with Crippen LogP contribution in [0.3, 0.4) is 0 Å². The smallest absolute Gasteiger partial charge is 0.261 e.